The zero-order valence-corrected chi connectivity index (χ0v) is 19.7. The molecule has 2 atom stereocenters. The van der Waals surface area contributed by atoms with Crippen molar-refractivity contribution in [3.63, 3.8) is 0 Å². The van der Waals surface area contributed by atoms with Gasteiger partial charge < -0.3 is 14.0 Å². The summed E-state index contributed by atoms with van der Waals surface area (Å²) >= 11 is 3.53. The number of methoxy groups -OCH3 is 1. The van der Waals surface area contributed by atoms with E-state index in [1.165, 1.54) is 11.1 Å². The van der Waals surface area contributed by atoms with E-state index >= 15 is 0 Å². The first-order valence-corrected chi connectivity index (χ1v) is 10.5. The molecule has 150 valence electrons. The molecule has 27 heavy (non-hydrogen) atoms. The Bertz CT molecular complexity index is 685. The lowest BCUT2D eigenvalue weighted by atomic mass is 9.54. The topological polar surface area (TPSA) is 27.7 Å². The van der Waals surface area contributed by atoms with E-state index in [-0.39, 0.29) is 29.6 Å². The molecule has 1 fully saturated rings. The van der Waals surface area contributed by atoms with Gasteiger partial charge in [-0.1, -0.05) is 48.5 Å². The van der Waals surface area contributed by atoms with Crippen molar-refractivity contribution in [3.8, 4) is 5.75 Å². The summed E-state index contributed by atoms with van der Waals surface area (Å²) in [6, 6.07) is 6.44. The Hall–Kier alpha value is -0.775. The fourth-order valence-corrected chi connectivity index (χ4v) is 3.86. The fraction of sp³-hybridized carbons (Fsp3) is 0.636. The van der Waals surface area contributed by atoms with Gasteiger partial charge in [0.25, 0.3) is 0 Å². The highest BCUT2D eigenvalue weighted by Crippen LogP contribution is 2.50. The minimum atomic E-state index is -0.344. The summed E-state index contributed by atoms with van der Waals surface area (Å²) in [5.74, 6) is 1.04. The molecule has 0 N–H and O–H groups in total. The van der Waals surface area contributed by atoms with Crippen LogP contribution in [0.3, 0.4) is 0 Å². The van der Waals surface area contributed by atoms with Crippen molar-refractivity contribution in [2.24, 2.45) is 0 Å². The Morgan fingerprint density at radius 3 is 2.30 bits per heavy atom. The van der Waals surface area contributed by atoms with Crippen LogP contribution in [0.2, 0.25) is 5.82 Å². The summed E-state index contributed by atoms with van der Waals surface area (Å²) in [6.07, 6.45) is 1.79. The molecular weight excluding hydrogens is 403 g/mol. The number of ether oxygens (including phenoxy) is 1. The molecule has 1 saturated heterocycles. The van der Waals surface area contributed by atoms with Gasteiger partial charge in [-0.05, 0) is 74.6 Å². The van der Waals surface area contributed by atoms with E-state index in [0.29, 0.717) is 0 Å². The van der Waals surface area contributed by atoms with Crippen LogP contribution in [0.1, 0.15) is 65.5 Å². The molecule has 1 aromatic carbocycles. The molecule has 0 aromatic heterocycles. The lowest BCUT2D eigenvalue weighted by Gasteiger charge is -2.38. The summed E-state index contributed by atoms with van der Waals surface area (Å²) in [7, 11) is 1.45. The van der Waals surface area contributed by atoms with Crippen LogP contribution in [0.15, 0.2) is 29.3 Å². The Morgan fingerprint density at radius 1 is 1.26 bits per heavy atom. The van der Waals surface area contributed by atoms with Crippen LogP contribution >= 0.6 is 15.9 Å². The average Bonchev–Trinajstić information content (AvgIpc) is 2.79. The zero-order valence-electron chi connectivity index (χ0n) is 18.1. The lowest BCUT2D eigenvalue weighted by molar-refractivity contribution is 0.00578. The van der Waals surface area contributed by atoms with Gasteiger partial charge in [0.2, 0.25) is 0 Å². The molecule has 1 heterocycles. The first-order valence-electron chi connectivity index (χ1n) is 9.68. The smallest absolute Gasteiger partial charge is 0.461 e. The predicted octanol–water partition coefficient (Wildman–Crippen LogP) is 6.43. The van der Waals surface area contributed by atoms with Gasteiger partial charge in [-0.15, -0.1) is 0 Å². The van der Waals surface area contributed by atoms with Crippen molar-refractivity contribution in [3.05, 3.63) is 40.4 Å². The van der Waals surface area contributed by atoms with Crippen LogP contribution in [-0.4, -0.2) is 25.4 Å². The predicted molar refractivity (Wildman–Crippen MR) is 118 cm³/mol. The number of rotatable bonds is 7. The van der Waals surface area contributed by atoms with E-state index in [1.807, 2.05) is 0 Å². The number of halogens is 1. The van der Waals surface area contributed by atoms with Crippen LogP contribution in [-0.2, 0) is 14.7 Å². The molecule has 0 spiro atoms. The molecule has 0 bridgehead atoms. The monoisotopic (exact) mass is 436 g/mol. The molecule has 2 unspecified atom stereocenters. The second kappa shape index (κ2) is 7.92. The summed E-state index contributed by atoms with van der Waals surface area (Å²) in [4.78, 5) is 0. The third-order valence-electron chi connectivity index (χ3n) is 6.57. The van der Waals surface area contributed by atoms with Gasteiger partial charge >= 0.3 is 7.12 Å². The summed E-state index contributed by atoms with van der Waals surface area (Å²) in [5.41, 5.74) is 1.49. The Kier molecular flexibility index (Phi) is 6.61. The Balaban J connectivity index is 2.47. The van der Waals surface area contributed by atoms with E-state index in [2.05, 4.69) is 89.2 Å². The van der Waals surface area contributed by atoms with E-state index in [9.17, 15) is 0 Å². The Morgan fingerprint density at radius 2 is 1.81 bits per heavy atom. The number of aryl methyl sites for hydroxylation is 1. The quantitative estimate of drug-likeness (QED) is 0.460. The van der Waals surface area contributed by atoms with Crippen molar-refractivity contribution in [1.82, 2.24) is 0 Å². The van der Waals surface area contributed by atoms with Gasteiger partial charge in [-0.2, -0.15) is 0 Å². The highest BCUT2D eigenvalue weighted by Gasteiger charge is 2.56. The van der Waals surface area contributed by atoms with Crippen molar-refractivity contribution in [2.75, 3.05) is 7.11 Å². The van der Waals surface area contributed by atoms with Gasteiger partial charge in [0.15, 0.2) is 0 Å². The number of benzene rings is 1. The van der Waals surface area contributed by atoms with Crippen molar-refractivity contribution in [2.45, 2.75) is 83.7 Å². The van der Waals surface area contributed by atoms with Crippen LogP contribution in [0, 0.1) is 6.92 Å². The van der Waals surface area contributed by atoms with Gasteiger partial charge in [-0.3, -0.25) is 0 Å². The van der Waals surface area contributed by atoms with Gasteiger partial charge in [-0.25, -0.2) is 0 Å². The largest absolute Gasteiger partial charge is 0.496 e. The van der Waals surface area contributed by atoms with Gasteiger partial charge in [0.1, 0.15) is 5.75 Å². The molecule has 1 aliphatic rings. The molecule has 1 aromatic rings. The standard InChI is InChI=1S/C22H34BBrO3/c1-15-10-11-18(19(14-15)25-9)22(8,13-12-16(2)24)17(3)23-26-20(4,5)21(6,7)27-23/h10-11,14,17H,2,12-13H2,1,3-9H3. The zero-order chi connectivity index (χ0) is 20.6. The number of hydrogen-bond donors (Lipinski definition) is 0. The molecule has 3 nitrogen and oxygen atoms in total. The third-order valence-corrected chi connectivity index (χ3v) is 6.97. The van der Waals surface area contributed by atoms with Crippen molar-refractivity contribution in [1.29, 1.82) is 0 Å². The van der Waals surface area contributed by atoms with Crippen molar-refractivity contribution >= 4 is 23.0 Å². The van der Waals surface area contributed by atoms with E-state index < -0.39 is 0 Å². The van der Waals surface area contributed by atoms with E-state index in [0.717, 1.165) is 23.1 Å². The molecule has 0 aliphatic carbocycles. The van der Waals surface area contributed by atoms with Gasteiger partial charge in [0.05, 0.1) is 18.3 Å². The second-order valence-electron chi connectivity index (χ2n) is 9.05. The molecule has 0 amide bonds. The van der Waals surface area contributed by atoms with Crippen LogP contribution in [0.25, 0.3) is 0 Å². The minimum absolute atomic E-state index is 0.127. The normalized spacial score (nSPS) is 21.6. The molecule has 0 saturated carbocycles. The maximum Gasteiger partial charge on any atom is 0.461 e. The first kappa shape index (κ1) is 22.5. The maximum absolute atomic E-state index is 6.40. The van der Waals surface area contributed by atoms with Crippen molar-refractivity contribution < 1.29 is 14.0 Å². The summed E-state index contributed by atoms with van der Waals surface area (Å²) in [5, 5.41) is 0. The van der Waals surface area contributed by atoms with Gasteiger partial charge in [0, 0.05) is 5.82 Å². The maximum atomic E-state index is 6.40. The average molecular weight is 437 g/mol. The summed E-state index contributed by atoms with van der Waals surface area (Å²) in [6.45, 7) is 19.0. The summed E-state index contributed by atoms with van der Waals surface area (Å²) < 4.78 is 19.6. The second-order valence-corrected chi connectivity index (χ2v) is 10.2. The van der Waals surface area contributed by atoms with E-state index in [1.54, 1.807) is 7.11 Å². The molecule has 0 radical (unpaired) electrons. The Labute approximate surface area is 174 Å². The molecular formula is C22H34BBrO3. The highest BCUT2D eigenvalue weighted by atomic mass is 79.9. The lowest BCUT2D eigenvalue weighted by Crippen LogP contribution is -2.41. The molecule has 2 rings (SSSR count). The third kappa shape index (κ3) is 4.46. The molecule has 1 aliphatic heterocycles. The van der Waals surface area contributed by atoms with Crippen LogP contribution in [0.4, 0.5) is 0 Å². The number of allylic oxidation sites excluding steroid dienone is 1. The number of hydrogen-bond acceptors (Lipinski definition) is 3. The minimum Gasteiger partial charge on any atom is -0.496 e. The fourth-order valence-electron chi connectivity index (χ4n) is 3.67. The highest BCUT2D eigenvalue weighted by molar-refractivity contribution is 9.11. The first-order chi connectivity index (χ1) is 12.3. The van der Waals surface area contributed by atoms with Crippen LogP contribution in [0.5, 0.6) is 5.75 Å². The molecule has 5 heteroatoms. The SMILES string of the molecule is C=C(Br)CCC(C)(c1ccc(C)cc1OC)C(C)B1OC(C)(C)C(C)(C)O1. The van der Waals surface area contributed by atoms with E-state index in [4.69, 9.17) is 14.0 Å². The van der Waals surface area contributed by atoms with Crippen LogP contribution < -0.4 is 4.74 Å².